The van der Waals surface area contributed by atoms with Gasteiger partial charge in [0.25, 0.3) is 0 Å². The van der Waals surface area contributed by atoms with Crippen molar-refractivity contribution in [1.82, 2.24) is 0 Å². The summed E-state index contributed by atoms with van der Waals surface area (Å²) >= 11 is 0. The first-order valence-corrected chi connectivity index (χ1v) is 13.2. The lowest BCUT2D eigenvalue weighted by Crippen LogP contribution is -2.14. The van der Waals surface area contributed by atoms with Crippen molar-refractivity contribution < 1.29 is 14.6 Å². The number of aliphatic hydroxyl groups excluding tert-OH is 1. The third-order valence-electron chi connectivity index (χ3n) is 7.28. The zero-order valence-corrected chi connectivity index (χ0v) is 21.2. The first-order valence-electron chi connectivity index (χ1n) is 13.2. The van der Waals surface area contributed by atoms with Crippen LogP contribution >= 0.6 is 0 Å². The molecule has 0 saturated heterocycles. The fourth-order valence-corrected chi connectivity index (χ4v) is 5.18. The quantitative estimate of drug-likeness (QED) is 0.203. The third-order valence-corrected chi connectivity index (χ3v) is 7.28. The van der Waals surface area contributed by atoms with Crippen LogP contribution in [0.5, 0.6) is 0 Å². The molecule has 3 rings (SSSR count). The normalized spacial score (nSPS) is 18.0. The maximum atomic E-state index is 11.9. The van der Waals surface area contributed by atoms with Crippen molar-refractivity contribution in [3.63, 3.8) is 0 Å². The number of carbonyl (C=O) groups excluding carboxylic acids is 1. The minimum Gasteiger partial charge on any atom is -0.462 e. The Balaban J connectivity index is 1.74. The van der Waals surface area contributed by atoms with Crippen LogP contribution in [0.2, 0.25) is 0 Å². The van der Waals surface area contributed by atoms with Crippen LogP contribution in [0.3, 0.4) is 0 Å². The Morgan fingerprint density at radius 2 is 1.76 bits per heavy atom. The number of carbonyl (C=O) groups is 1. The summed E-state index contributed by atoms with van der Waals surface area (Å²) in [5.41, 5.74) is 6.58. The van der Waals surface area contributed by atoms with Gasteiger partial charge in [0, 0.05) is 18.6 Å². The van der Waals surface area contributed by atoms with Crippen molar-refractivity contribution in [3.05, 3.63) is 71.3 Å². The molecule has 0 bridgehead atoms. The molecular formula is C31H42O3. The molecular weight excluding hydrogens is 420 g/mol. The van der Waals surface area contributed by atoms with Crippen molar-refractivity contribution in [2.24, 2.45) is 5.92 Å². The fraction of sp³-hybridized carbons (Fsp3) is 0.516. The lowest BCUT2D eigenvalue weighted by atomic mass is 9.76. The van der Waals surface area contributed by atoms with E-state index in [-0.39, 0.29) is 12.6 Å². The number of benzene rings is 2. The first-order chi connectivity index (χ1) is 16.5. The van der Waals surface area contributed by atoms with Crippen LogP contribution < -0.4 is 0 Å². The summed E-state index contributed by atoms with van der Waals surface area (Å²) in [5, 5.41) is 9.21. The minimum absolute atomic E-state index is 0.161. The van der Waals surface area contributed by atoms with Crippen LogP contribution in [-0.2, 0) is 22.4 Å². The smallest absolute Gasteiger partial charge is 0.333 e. The minimum atomic E-state index is -0.326. The number of ether oxygens (including phenoxy) is 1. The average molecular weight is 463 g/mol. The number of rotatable bonds is 12. The van der Waals surface area contributed by atoms with Gasteiger partial charge >= 0.3 is 5.97 Å². The molecule has 1 aliphatic rings. The molecule has 0 unspecified atom stereocenters. The summed E-state index contributed by atoms with van der Waals surface area (Å²) in [6.45, 7) is 8.16. The van der Waals surface area contributed by atoms with Gasteiger partial charge < -0.3 is 9.84 Å². The van der Waals surface area contributed by atoms with E-state index < -0.39 is 0 Å². The highest BCUT2D eigenvalue weighted by Gasteiger charge is 2.23. The molecule has 0 aromatic heterocycles. The van der Waals surface area contributed by atoms with Crippen LogP contribution in [0.1, 0.15) is 87.8 Å². The lowest BCUT2D eigenvalue weighted by molar-refractivity contribution is -0.138. The van der Waals surface area contributed by atoms with E-state index in [1.54, 1.807) is 6.92 Å². The predicted octanol–water partition coefficient (Wildman–Crippen LogP) is 7.40. The van der Waals surface area contributed by atoms with Crippen molar-refractivity contribution in [3.8, 4) is 11.1 Å². The number of hydrogen-bond donors (Lipinski definition) is 1. The zero-order valence-electron chi connectivity index (χ0n) is 21.2. The van der Waals surface area contributed by atoms with Gasteiger partial charge in [-0.3, -0.25) is 0 Å². The van der Waals surface area contributed by atoms with Gasteiger partial charge in [0.2, 0.25) is 0 Å². The summed E-state index contributed by atoms with van der Waals surface area (Å²) in [4.78, 5) is 11.9. The predicted molar refractivity (Wildman–Crippen MR) is 141 cm³/mol. The van der Waals surface area contributed by atoms with E-state index in [1.165, 1.54) is 68.1 Å². The van der Waals surface area contributed by atoms with E-state index in [0.717, 1.165) is 17.0 Å². The first kappa shape index (κ1) is 26.2. The Morgan fingerprint density at radius 3 is 2.41 bits per heavy atom. The summed E-state index contributed by atoms with van der Waals surface area (Å²) < 4.78 is 5.43. The highest BCUT2D eigenvalue weighted by atomic mass is 16.5. The highest BCUT2D eigenvalue weighted by molar-refractivity contribution is 5.86. The molecule has 0 radical (unpaired) electrons. The van der Waals surface area contributed by atoms with E-state index in [0.29, 0.717) is 30.9 Å². The standard InChI is InChI=1S/C31H42O3/c1-4-5-6-7-24-8-12-26(13-9-24)28-16-17-30(27-14-10-25(11-15-27)18-20-32)29(22-28)19-21-34-31(33)23(2)3/h10-11,14-17,22,24,26,32H,2,4-9,12-13,18-21H2,1,3H3. The number of esters is 1. The van der Waals surface area contributed by atoms with Gasteiger partial charge in [-0.05, 0) is 78.7 Å². The molecule has 34 heavy (non-hydrogen) atoms. The number of unbranched alkanes of at least 4 members (excludes halogenated alkanes) is 2. The molecule has 0 spiro atoms. The van der Waals surface area contributed by atoms with Crippen LogP contribution in [-0.4, -0.2) is 24.3 Å². The molecule has 1 saturated carbocycles. The molecule has 3 heteroatoms. The molecule has 0 aliphatic heterocycles. The summed E-state index contributed by atoms with van der Waals surface area (Å²) in [6.07, 6.45) is 12.0. The molecule has 0 amide bonds. The van der Waals surface area contributed by atoms with Crippen LogP contribution in [0.4, 0.5) is 0 Å². The molecule has 1 aliphatic carbocycles. The molecule has 0 atom stereocenters. The van der Waals surface area contributed by atoms with E-state index in [9.17, 15) is 9.90 Å². The van der Waals surface area contributed by atoms with Crippen molar-refractivity contribution in [1.29, 1.82) is 0 Å². The Hall–Kier alpha value is -2.39. The molecule has 184 valence electrons. The molecule has 0 heterocycles. The Labute approximate surface area is 206 Å². The van der Waals surface area contributed by atoms with E-state index >= 15 is 0 Å². The van der Waals surface area contributed by atoms with Crippen molar-refractivity contribution in [2.75, 3.05) is 13.2 Å². The molecule has 2 aromatic carbocycles. The second-order valence-corrected chi connectivity index (χ2v) is 9.97. The lowest BCUT2D eigenvalue weighted by Gasteiger charge is -2.29. The Bertz CT molecular complexity index is 920. The van der Waals surface area contributed by atoms with Crippen LogP contribution in [0, 0.1) is 5.92 Å². The third kappa shape index (κ3) is 7.56. The van der Waals surface area contributed by atoms with Gasteiger partial charge in [0.1, 0.15) is 0 Å². The van der Waals surface area contributed by atoms with E-state index in [2.05, 4.69) is 56.0 Å². The van der Waals surface area contributed by atoms with Crippen molar-refractivity contribution in [2.45, 2.75) is 84.0 Å². The Kier molecular flexibility index (Phi) is 10.4. The fourth-order valence-electron chi connectivity index (χ4n) is 5.18. The molecule has 3 nitrogen and oxygen atoms in total. The molecule has 1 fully saturated rings. The van der Waals surface area contributed by atoms with E-state index in [4.69, 9.17) is 4.74 Å². The maximum Gasteiger partial charge on any atom is 0.333 e. The summed E-state index contributed by atoms with van der Waals surface area (Å²) in [6, 6.07) is 15.3. The van der Waals surface area contributed by atoms with Crippen LogP contribution in [0.25, 0.3) is 11.1 Å². The van der Waals surface area contributed by atoms with Gasteiger partial charge in [-0.1, -0.05) is 81.7 Å². The van der Waals surface area contributed by atoms with Gasteiger partial charge in [0.15, 0.2) is 0 Å². The van der Waals surface area contributed by atoms with Gasteiger partial charge in [-0.15, -0.1) is 0 Å². The monoisotopic (exact) mass is 462 g/mol. The van der Waals surface area contributed by atoms with E-state index in [1.807, 2.05) is 0 Å². The average Bonchev–Trinajstić information content (AvgIpc) is 2.85. The summed E-state index contributed by atoms with van der Waals surface area (Å²) in [7, 11) is 0. The topological polar surface area (TPSA) is 46.5 Å². The van der Waals surface area contributed by atoms with Gasteiger partial charge in [-0.25, -0.2) is 4.79 Å². The number of aliphatic hydroxyl groups is 1. The second-order valence-electron chi connectivity index (χ2n) is 9.97. The van der Waals surface area contributed by atoms with Gasteiger partial charge in [-0.2, -0.15) is 0 Å². The Morgan fingerprint density at radius 1 is 1.03 bits per heavy atom. The second kappa shape index (κ2) is 13.5. The zero-order chi connectivity index (χ0) is 24.3. The SMILES string of the molecule is C=C(C)C(=O)OCCc1cc(C2CCC(CCCCC)CC2)ccc1-c1ccc(CCO)cc1. The largest absolute Gasteiger partial charge is 0.462 e. The van der Waals surface area contributed by atoms with Crippen molar-refractivity contribution >= 4 is 5.97 Å². The highest BCUT2D eigenvalue weighted by Crippen LogP contribution is 2.39. The maximum absolute atomic E-state index is 11.9. The van der Waals surface area contributed by atoms with Crippen LogP contribution in [0.15, 0.2) is 54.6 Å². The molecule has 2 aromatic rings. The number of hydrogen-bond acceptors (Lipinski definition) is 3. The molecule has 1 N–H and O–H groups in total. The van der Waals surface area contributed by atoms with Gasteiger partial charge in [0.05, 0.1) is 6.61 Å². The summed E-state index contributed by atoms with van der Waals surface area (Å²) in [5.74, 6) is 1.20.